The number of carbonyl (C=O) groups is 4. The number of phenolic OH excluding ortho intramolecular Hbond substituents is 1. The van der Waals surface area contributed by atoms with Crippen molar-refractivity contribution in [2.45, 2.75) is 50.3 Å². The van der Waals surface area contributed by atoms with Crippen molar-refractivity contribution in [1.82, 2.24) is 10.6 Å². The van der Waals surface area contributed by atoms with Gasteiger partial charge >= 0.3 is 0 Å². The SMILES string of the molecule is CN(C)c1cc(CNC(=O)C2CCCN2)c(O)c2c1CC1CC3CC(=O)C(C(N)=O)=C(O)C3(O)C(=O)C1=C2O. The molecule has 4 unspecified atom stereocenters. The summed E-state index contributed by atoms with van der Waals surface area (Å²) in [6.45, 7) is 0.715. The normalized spacial score (nSPS) is 28.1. The monoisotopic (exact) mass is 540 g/mol. The summed E-state index contributed by atoms with van der Waals surface area (Å²) in [5.41, 5.74) is 3.12. The van der Waals surface area contributed by atoms with Crippen LogP contribution < -0.4 is 21.3 Å². The van der Waals surface area contributed by atoms with Crippen LogP contribution in [-0.4, -0.2) is 76.1 Å². The molecular weight excluding hydrogens is 508 g/mol. The standard InChI is InChI=1S/C27H32N4O8/c1-31(2)16-8-12(10-30-26(38)15-4-3-5-29-15)21(33)19-14(16)7-11-6-13-9-17(32)20(25(28)37)24(36)27(13,39)23(35)18(11)22(19)34/h8,11,13,15,29,33-34,36,39H,3-7,9-10H2,1-2H3,(H2,28,37)(H,30,38). The van der Waals surface area contributed by atoms with E-state index in [0.29, 0.717) is 23.2 Å². The van der Waals surface area contributed by atoms with Gasteiger partial charge in [-0.3, -0.25) is 19.2 Å². The Hall–Kier alpha value is -3.90. The van der Waals surface area contributed by atoms with Crippen molar-refractivity contribution in [2.24, 2.45) is 17.6 Å². The summed E-state index contributed by atoms with van der Waals surface area (Å²) in [5.74, 6) is -6.93. The quantitative estimate of drug-likeness (QED) is 0.246. The second-order valence-electron chi connectivity index (χ2n) is 10.9. The molecule has 5 rings (SSSR count). The zero-order valence-electron chi connectivity index (χ0n) is 21.7. The fourth-order valence-electron chi connectivity index (χ4n) is 6.47. The highest BCUT2D eigenvalue weighted by Crippen LogP contribution is 2.53. The predicted molar refractivity (Wildman–Crippen MR) is 139 cm³/mol. The summed E-state index contributed by atoms with van der Waals surface area (Å²) in [4.78, 5) is 52.4. The van der Waals surface area contributed by atoms with Crippen LogP contribution in [0, 0.1) is 11.8 Å². The summed E-state index contributed by atoms with van der Waals surface area (Å²) in [6, 6.07) is 1.39. The van der Waals surface area contributed by atoms with Crippen molar-refractivity contribution in [3.05, 3.63) is 39.7 Å². The number of hydrogen-bond acceptors (Lipinski definition) is 10. The molecule has 2 amide bonds. The molecule has 1 saturated carbocycles. The lowest BCUT2D eigenvalue weighted by Crippen LogP contribution is -2.58. The second kappa shape index (κ2) is 9.38. The lowest BCUT2D eigenvalue weighted by atomic mass is 9.59. The van der Waals surface area contributed by atoms with E-state index in [-0.39, 0.29) is 54.6 Å². The summed E-state index contributed by atoms with van der Waals surface area (Å²) in [6.07, 6.45) is 1.48. The first kappa shape index (κ1) is 26.7. The van der Waals surface area contributed by atoms with Crippen molar-refractivity contribution in [1.29, 1.82) is 0 Å². The van der Waals surface area contributed by atoms with Gasteiger partial charge in [0.1, 0.15) is 22.8 Å². The molecule has 3 aliphatic carbocycles. The van der Waals surface area contributed by atoms with Gasteiger partial charge in [0, 0.05) is 49.8 Å². The van der Waals surface area contributed by atoms with E-state index in [1.807, 2.05) is 0 Å². The zero-order chi connectivity index (χ0) is 28.4. The van der Waals surface area contributed by atoms with E-state index in [0.717, 1.165) is 13.0 Å². The number of fused-ring (bicyclic) bond motifs is 3. The highest BCUT2D eigenvalue weighted by atomic mass is 16.3. The third-order valence-corrected chi connectivity index (χ3v) is 8.43. The van der Waals surface area contributed by atoms with E-state index in [2.05, 4.69) is 10.6 Å². The maximum Gasteiger partial charge on any atom is 0.255 e. The first-order valence-corrected chi connectivity index (χ1v) is 12.9. The molecule has 1 aromatic carbocycles. The number of benzene rings is 1. The minimum Gasteiger partial charge on any atom is -0.508 e. The van der Waals surface area contributed by atoms with Crippen LogP contribution in [0.25, 0.3) is 5.76 Å². The molecule has 0 bridgehead atoms. The van der Waals surface area contributed by atoms with Gasteiger partial charge in [0.15, 0.2) is 11.4 Å². The molecule has 1 aliphatic heterocycles. The summed E-state index contributed by atoms with van der Waals surface area (Å²) in [7, 11) is 3.57. The molecule has 12 nitrogen and oxygen atoms in total. The summed E-state index contributed by atoms with van der Waals surface area (Å²) < 4.78 is 0. The molecule has 4 aliphatic rings. The van der Waals surface area contributed by atoms with Crippen molar-refractivity contribution in [3.63, 3.8) is 0 Å². The smallest absolute Gasteiger partial charge is 0.255 e. The van der Waals surface area contributed by atoms with Crippen LogP contribution in [0.15, 0.2) is 23.0 Å². The van der Waals surface area contributed by atoms with Crippen molar-refractivity contribution in [2.75, 3.05) is 25.5 Å². The Labute approximate surface area is 224 Å². The number of Topliss-reactive ketones (excluding diaryl/α,β-unsaturated/α-hetero) is 2. The number of primary amides is 1. The first-order chi connectivity index (χ1) is 18.4. The van der Waals surface area contributed by atoms with E-state index in [9.17, 15) is 39.6 Å². The number of phenols is 1. The number of nitrogens with one attached hydrogen (secondary N) is 2. The number of aromatic hydroxyl groups is 1. The minimum absolute atomic E-state index is 0.00318. The fourth-order valence-corrected chi connectivity index (χ4v) is 6.47. The molecule has 1 heterocycles. The van der Waals surface area contributed by atoms with E-state index in [4.69, 9.17) is 5.73 Å². The summed E-state index contributed by atoms with van der Waals surface area (Å²) in [5, 5.41) is 50.7. The average Bonchev–Trinajstić information content (AvgIpc) is 3.40. The molecule has 0 radical (unpaired) electrons. The van der Waals surface area contributed by atoms with E-state index >= 15 is 0 Å². The number of amides is 2. The Morgan fingerprint density at radius 1 is 1.21 bits per heavy atom. The van der Waals surface area contributed by atoms with Gasteiger partial charge in [-0.05, 0) is 49.8 Å². The lowest BCUT2D eigenvalue weighted by Gasteiger charge is -2.46. The largest absolute Gasteiger partial charge is 0.508 e. The average molecular weight is 541 g/mol. The molecule has 0 aromatic heterocycles. The van der Waals surface area contributed by atoms with Crippen molar-refractivity contribution in [3.8, 4) is 5.75 Å². The van der Waals surface area contributed by atoms with Crippen LogP contribution in [0.4, 0.5) is 5.69 Å². The number of aliphatic hydroxyl groups excluding tert-OH is 2. The van der Waals surface area contributed by atoms with Crippen LogP contribution in [0.2, 0.25) is 0 Å². The minimum atomic E-state index is -2.62. The van der Waals surface area contributed by atoms with E-state index in [1.165, 1.54) is 0 Å². The Kier molecular flexibility index (Phi) is 6.42. The molecular formula is C27H32N4O8. The molecule has 1 saturated heterocycles. The highest BCUT2D eigenvalue weighted by Gasteiger charge is 2.60. The molecule has 39 heavy (non-hydrogen) atoms. The van der Waals surface area contributed by atoms with Crippen molar-refractivity contribution < 1.29 is 39.6 Å². The maximum absolute atomic E-state index is 13.7. The number of aliphatic hydroxyl groups is 3. The zero-order valence-corrected chi connectivity index (χ0v) is 21.7. The first-order valence-electron chi connectivity index (χ1n) is 12.9. The van der Waals surface area contributed by atoms with Gasteiger partial charge < -0.3 is 41.7 Å². The lowest BCUT2D eigenvalue weighted by molar-refractivity contribution is -0.147. The van der Waals surface area contributed by atoms with Gasteiger partial charge in [0.2, 0.25) is 11.7 Å². The summed E-state index contributed by atoms with van der Waals surface area (Å²) >= 11 is 0. The number of ketones is 2. The number of nitrogens with two attached hydrogens (primary N) is 1. The van der Waals surface area contributed by atoms with E-state index < -0.39 is 52.0 Å². The Morgan fingerprint density at radius 2 is 1.92 bits per heavy atom. The molecule has 8 N–H and O–H groups in total. The third kappa shape index (κ3) is 3.97. The van der Waals surface area contributed by atoms with Gasteiger partial charge in [-0.15, -0.1) is 0 Å². The third-order valence-electron chi connectivity index (χ3n) is 8.43. The Morgan fingerprint density at radius 3 is 2.54 bits per heavy atom. The van der Waals surface area contributed by atoms with Crippen LogP contribution in [0.5, 0.6) is 5.75 Å². The van der Waals surface area contributed by atoms with Crippen LogP contribution in [0.3, 0.4) is 0 Å². The molecule has 2 fully saturated rings. The van der Waals surface area contributed by atoms with Gasteiger partial charge in [-0.2, -0.15) is 0 Å². The van der Waals surface area contributed by atoms with Gasteiger partial charge in [-0.25, -0.2) is 0 Å². The molecule has 12 heteroatoms. The number of anilines is 1. The molecule has 208 valence electrons. The second-order valence-corrected chi connectivity index (χ2v) is 10.9. The number of rotatable bonds is 5. The molecule has 0 spiro atoms. The van der Waals surface area contributed by atoms with Gasteiger partial charge in [0.25, 0.3) is 5.91 Å². The van der Waals surface area contributed by atoms with Crippen molar-refractivity contribution >= 4 is 34.8 Å². The van der Waals surface area contributed by atoms with Crippen LogP contribution >= 0.6 is 0 Å². The van der Waals surface area contributed by atoms with Crippen LogP contribution in [-0.2, 0) is 32.1 Å². The molecule has 4 atom stereocenters. The van der Waals surface area contributed by atoms with Gasteiger partial charge in [-0.1, -0.05) is 0 Å². The van der Waals surface area contributed by atoms with E-state index in [1.54, 1.807) is 25.1 Å². The highest BCUT2D eigenvalue weighted by molar-refractivity contribution is 6.22. The Bertz CT molecular complexity index is 1370. The predicted octanol–water partition coefficient (Wildman–Crippen LogP) is -0.142. The maximum atomic E-state index is 13.7. The Balaban J connectivity index is 1.60. The fraction of sp³-hybridized carbons (Fsp3) is 0.481. The number of carbonyl (C=O) groups excluding carboxylic acids is 4. The topological polar surface area (TPSA) is 203 Å². The number of hydrogen-bond donors (Lipinski definition) is 7. The van der Waals surface area contributed by atoms with Gasteiger partial charge in [0.05, 0.1) is 11.6 Å². The van der Waals surface area contributed by atoms with Crippen LogP contribution in [0.1, 0.15) is 42.4 Å². The molecule has 1 aromatic rings. The number of nitrogens with zero attached hydrogens (tertiary/aromatic N) is 1.